The van der Waals surface area contributed by atoms with E-state index in [4.69, 9.17) is 5.11 Å². The van der Waals surface area contributed by atoms with Gasteiger partial charge in [0.2, 0.25) is 18.2 Å². The summed E-state index contributed by atoms with van der Waals surface area (Å²) in [4.78, 5) is 48.5. The summed E-state index contributed by atoms with van der Waals surface area (Å²) in [5.41, 5.74) is 0.676. The van der Waals surface area contributed by atoms with Crippen molar-refractivity contribution in [2.75, 3.05) is 6.54 Å². The van der Waals surface area contributed by atoms with Crippen molar-refractivity contribution in [1.29, 1.82) is 0 Å². The molecular formula is C18H23N3O6. The second kappa shape index (κ2) is 9.02. The highest BCUT2D eigenvalue weighted by Gasteiger charge is 2.33. The topological polar surface area (TPSA) is 136 Å². The lowest BCUT2D eigenvalue weighted by Crippen LogP contribution is -2.55. The molecule has 1 heterocycles. The smallest absolute Gasteiger partial charge is 0.325 e. The molecule has 0 radical (unpaired) electrons. The van der Waals surface area contributed by atoms with Crippen LogP contribution in [0.5, 0.6) is 5.75 Å². The number of nitrogens with one attached hydrogen (secondary N) is 2. The van der Waals surface area contributed by atoms with Gasteiger partial charge < -0.3 is 25.7 Å². The van der Waals surface area contributed by atoms with E-state index in [9.17, 15) is 24.3 Å². The van der Waals surface area contributed by atoms with Crippen molar-refractivity contribution in [2.24, 2.45) is 0 Å². The Morgan fingerprint density at radius 3 is 2.52 bits per heavy atom. The molecule has 0 saturated carbocycles. The number of carboxylic acids is 1. The maximum Gasteiger partial charge on any atom is 0.325 e. The summed E-state index contributed by atoms with van der Waals surface area (Å²) in [5, 5.41) is 23.3. The highest BCUT2D eigenvalue weighted by Crippen LogP contribution is 2.16. The maximum atomic E-state index is 12.5. The van der Waals surface area contributed by atoms with E-state index in [0.29, 0.717) is 31.4 Å². The quantitative estimate of drug-likeness (QED) is 0.456. The number of hydrogen-bond acceptors (Lipinski definition) is 5. The van der Waals surface area contributed by atoms with Gasteiger partial charge in [-0.3, -0.25) is 19.2 Å². The zero-order valence-corrected chi connectivity index (χ0v) is 14.9. The van der Waals surface area contributed by atoms with Crippen LogP contribution in [0, 0.1) is 0 Å². The highest BCUT2D eigenvalue weighted by atomic mass is 16.4. The summed E-state index contributed by atoms with van der Waals surface area (Å²) >= 11 is 0. The molecule has 1 aliphatic rings. The molecule has 1 aromatic rings. The van der Waals surface area contributed by atoms with Crippen LogP contribution >= 0.6 is 0 Å². The molecule has 3 atom stereocenters. The second-order valence-corrected chi connectivity index (χ2v) is 6.50. The van der Waals surface area contributed by atoms with Crippen molar-refractivity contribution in [3.63, 3.8) is 0 Å². The lowest BCUT2D eigenvalue weighted by Gasteiger charge is -2.24. The number of hydrogen-bond donors (Lipinski definition) is 4. The van der Waals surface area contributed by atoms with E-state index in [0.717, 1.165) is 0 Å². The fourth-order valence-electron chi connectivity index (χ4n) is 2.92. The average Bonchev–Trinajstić information content (AvgIpc) is 3.11. The second-order valence-electron chi connectivity index (χ2n) is 6.50. The molecule has 0 aliphatic carbocycles. The number of carbonyl (C=O) groups is 4. The Balaban J connectivity index is 2.13. The first-order chi connectivity index (χ1) is 12.8. The Morgan fingerprint density at radius 1 is 1.26 bits per heavy atom. The summed E-state index contributed by atoms with van der Waals surface area (Å²) in [5.74, 6) is -2.22. The van der Waals surface area contributed by atoms with Crippen molar-refractivity contribution < 1.29 is 29.4 Å². The number of phenolic OH excluding ortho intramolecular Hbond substituents is 1. The molecule has 3 amide bonds. The van der Waals surface area contributed by atoms with Crippen LogP contribution in [0.3, 0.4) is 0 Å². The van der Waals surface area contributed by atoms with Crippen molar-refractivity contribution in [3.05, 3.63) is 29.8 Å². The van der Waals surface area contributed by atoms with Gasteiger partial charge in [0.05, 0.1) is 0 Å². The minimum absolute atomic E-state index is 0.0656. The summed E-state index contributed by atoms with van der Waals surface area (Å²) in [7, 11) is 0. The minimum Gasteiger partial charge on any atom is -0.508 e. The normalized spacial score (nSPS) is 18.4. The van der Waals surface area contributed by atoms with Crippen molar-refractivity contribution in [2.45, 2.75) is 44.3 Å². The molecule has 0 bridgehead atoms. The number of aromatic hydroxyl groups is 1. The van der Waals surface area contributed by atoms with Gasteiger partial charge in [0.25, 0.3) is 0 Å². The average molecular weight is 377 g/mol. The lowest BCUT2D eigenvalue weighted by atomic mass is 10.0. The largest absolute Gasteiger partial charge is 0.508 e. The zero-order chi connectivity index (χ0) is 20.0. The first kappa shape index (κ1) is 20.2. The van der Waals surface area contributed by atoms with Crippen molar-refractivity contribution in [1.82, 2.24) is 15.5 Å². The van der Waals surface area contributed by atoms with Gasteiger partial charge in [0.15, 0.2) is 0 Å². The molecule has 146 valence electrons. The number of phenols is 1. The molecule has 0 unspecified atom stereocenters. The van der Waals surface area contributed by atoms with Crippen molar-refractivity contribution in [3.8, 4) is 5.75 Å². The van der Waals surface area contributed by atoms with Gasteiger partial charge >= 0.3 is 5.97 Å². The monoisotopic (exact) mass is 377 g/mol. The summed E-state index contributed by atoms with van der Waals surface area (Å²) < 4.78 is 0. The molecule has 0 aromatic heterocycles. The van der Waals surface area contributed by atoms with Gasteiger partial charge in [-0.15, -0.1) is 0 Å². The molecule has 1 aliphatic heterocycles. The maximum absolute atomic E-state index is 12.5. The Kier molecular flexibility index (Phi) is 6.75. The van der Waals surface area contributed by atoms with Crippen molar-refractivity contribution >= 4 is 24.2 Å². The summed E-state index contributed by atoms with van der Waals surface area (Å²) in [6.45, 7) is 1.80. The Bertz CT molecular complexity index is 706. The van der Waals surface area contributed by atoms with Crippen LogP contribution in [0.15, 0.2) is 24.3 Å². The van der Waals surface area contributed by atoms with E-state index >= 15 is 0 Å². The van der Waals surface area contributed by atoms with Crippen LogP contribution in [0.4, 0.5) is 0 Å². The van der Waals surface area contributed by atoms with Gasteiger partial charge in [-0.2, -0.15) is 0 Å². The third-order valence-corrected chi connectivity index (χ3v) is 4.47. The highest BCUT2D eigenvalue weighted by molar-refractivity contribution is 5.92. The van der Waals surface area contributed by atoms with E-state index < -0.39 is 35.9 Å². The standard InChI is InChI=1S/C18H23N3O6/c1-11(18(26)27)19-16(24)14(9-12-4-6-13(23)7-5-12)20-17(25)15-3-2-8-21(15)10-22/h4-7,10-11,14-15,23H,2-3,8-9H2,1H3,(H,19,24)(H,20,25)(H,26,27)/t11-,14-,15-/m0/s1. The lowest BCUT2D eigenvalue weighted by molar-refractivity contribution is -0.142. The van der Waals surface area contributed by atoms with E-state index in [1.54, 1.807) is 12.1 Å². The molecule has 1 fully saturated rings. The molecule has 27 heavy (non-hydrogen) atoms. The predicted molar refractivity (Wildman–Crippen MR) is 94.8 cm³/mol. The van der Waals surface area contributed by atoms with Gasteiger partial charge in [-0.25, -0.2) is 0 Å². The molecule has 9 heteroatoms. The molecular weight excluding hydrogens is 354 g/mol. The molecule has 9 nitrogen and oxygen atoms in total. The first-order valence-electron chi connectivity index (χ1n) is 8.64. The van der Waals surface area contributed by atoms with Crippen LogP contribution in [0.1, 0.15) is 25.3 Å². The number of aliphatic carboxylic acids is 1. The van der Waals surface area contributed by atoms with Crippen LogP contribution in [-0.2, 0) is 25.6 Å². The number of carboxylic acid groups (broad SMARTS) is 1. The Labute approximate surface area is 156 Å². The SMILES string of the molecule is C[C@H](NC(=O)[C@H](Cc1ccc(O)cc1)NC(=O)[C@@H]1CCCN1C=O)C(=O)O. The number of rotatable bonds is 8. The van der Waals surface area contributed by atoms with E-state index in [2.05, 4.69) is 10.6 Å². The molecule has 4 N–H and O–H groups in total. The molecule has 1 aromatic carbocycles. The van der Waals surface area contributed by atoms with Gasteiger partial charge in [-0.1, -0.05) is 12.1 Å². The van der Waals surface area contributed by atoms with E-state index in [1.165, 1.54) is 24.0 Å². The Hall–Kier alpha value is -3.10. The van der Waals surface area contributed by atoms with Crippen LogP contribution in [0.2, 0.25) is 0 Å². The van der Waals surface area contributed by atoms with Crippen LogP contribution in [-0.4, -0.2) is 64.0 Å². The van der Waals surface area contributed by atoms with Gasteiger partial charge in [-0.05, 0) is 37.5 Å². The molecule has 1 saturated heterocycles. The molecule has 0 spiro atoms. The van der Waals surface area contributed by atoms with Crippen LogP contribution < -0.4 is 10.6 Å². The minimum atomic E-state index is -1.19. The molecule has 2 rings (SSSR count). The number of benzene rings is 1. The zero-order valence-electron chi connectivity index (χ0n) is 14.9. The number of amides is 3. The first-order valence-corrected chi connectivity index (χ1v) is 8.64. The fourth-order valence-corrected chi connectivity index (χ4v) is 2.92. The third-order valence-electron chi connectivity index (χ3n) is 4.47. The predicted octanol–water partition coefficient (Wildman–Crippen LogP) is -0.370. The summed E-state index contributed by atoms with van der Waals surface area (Å²) in [6, 6.07) is 3.35. The number of nitrogens with zero attached hydrogens (tertiary/aromatic N) is 1. The van der Waals surface area contributed by atoms with E-state index in [-0.39, 0.29) is 12.2 Å². The third kappa shape index (κ3) is 5.44. The number of carbonyl (C=O) groups excluding carboxylic acids is 3. The van der Waals surface area contributed by atoms with Gasteiger partial charge in [0.1, 0.15) is 23.9 Å². The van der Waals surface area contributed by atoms with Crippen LogP contribution in [0.25, 0.3) is 0 Å². The Morgan fingerprint density at radius 2 is 1.93 bits per heavy atom. The van der Waals surface area contributed by atoms with Gasteiger partial charge in [0, 0.05) is 13.0 Å². The fraction of sp³-hybridized carbons (Fsp3) is 0.444. The summed E-state index contributed by atoms with van der Waals surface area (Å²) in [6.07, 6.45) is 1.92. The number of likely N-dealkylation sites (tertiary alicyclic amines) is 1. The van der Waals surface area contributed by atoms with E-state index in [1.807, 2.05) is 0 Å².